The maximum absolute atomic E-state index is 3.82. The third-order valence-corrected chi connectivity index (χ3v) is 2.78. The molecule has 0 aliphatic carbocycles. The molecule has 0 amide bonds. The average Bonchev–Trinajstić information content (AvgIpc) is 2.74. The number of allylic oxidation sites excluding steroid dienone is 8. The zero-order valence-corrected chi connectivity index (χ0v) is 18.9. The highest BCUT2D eigenvalue weighted by atomic mass is 15.1. The third-order valence-electron chi connectivity index (χ3n) is 2.78. The molecule has 0 spiro atoms. The molecule has 1 aromatic carbocycles. The van der Waals surface area contributed by atoms with Crippen LogP contribution >= 0.6 is 0 Å². The molecular weight excluding hydrogens is 326 g/mol. The lowest BCUT2D eigenvalue weighted by Crippen LogP contribution is -2.19. The van der Waals surface area contributed by atoms with Crippen molar-refractivity contribution in [2.24, 2.45) is 0 Å². The SMILES string of the molecule is C=C/C=C(\C=C/C)N(C(/C=C\C)=C/C=C)c1ccccc1.CC.CC.CC. The van der Waals surface area contributed by atoms with Crippen molar-refractivity contribution >= 4 is 5.69 Å². The van der Waals surface area contributed by atoms with E-state index in [9.17, 15) is 0 Å². The van der Waals surface area contributed by atoms with Crippen LogP contribution in [0.25, 0.3) is 0 Å². The molecular formula is C26H41N. The molecule has 1 nitrogen and oxygen atoms in total. The normalized spacial score (nSPS) is 10.7. The van der Waals surface area contributed by atoms with Crippen LogP contribution in [-0.2, 0) is 0 Å². The molecule has 0 bridgehead atoms. The highest BCUT2D eigenvalue weighted by molar-refractivity contribution is 5.63. The van der Waals surface area contributed by atoms with Gasteiger partial charge in [0.05, 0.1) is 0 Å². The highest BCUT2D eigenvalue weighted by Crippen LogP contribution is 2.26. The number of nitrogens with zero attached hydrogens (tertiary/aromatic N) is 1. The summed E-state index contributed by atoms with van der Waals surface area (Å²) in [6.45, 7) is 23.6. The van der Waals surface area contributed by atoms with Crippen LogP contribution in [0.5, 0.6) is 0 Å². The van der Waals surface area contributed by atoms with Crippen molar-refractivity contribution in [3.05, 3.63) is 103 Å². The Morgan fingerprint density at radius 2 is 1.07 bits per heavy atom. The second-order valence-corrected chi connectivity index (χ2v) is 4.33. The van der Waals surface area contributed by atoms with E-state index in [0.29, 0.717) is 0 Å². The lowest BCUT2D eigenvalue weighted by atomic mass is 10.2. The van der Waals surface area contributed by atoms with E-state index in [1.807, 2.05) is 97.9 Å². The first-order valence-corrected chi connectivity index (χ1v) is 10.0. The Bertz CT molecular complexity index is 537. The van der Waals surface area contributed by atoms with E-state index in [2.05, 4.69) is 42.3 Å². The van der Waals surface area contributed by atoms with Crippen molar-refractivity contribution < 1.29 is 0 Å². The van der Waals surface area contributed by atoms with Gasteiger partial charge in [0.2, 0.25) is 0 Å². The zero-order valence-electron chi connectivity index (χ0n) is 18.9. The fraction of sp³-hybridized carbons (Fsp3) is 0.308. The molecule has 0 radical (unpaired) electrons. The first-order valence-electron chi connectivity index (χ1n) is 10.0. The number of hydrogen-bond donors (Lipinski definition) is 0. The predicted octanol–water partition coefficient (Wildman–Crippen LogP) is 8.86. The van der Waals surface area contributed by atoms with Crippen LogP contribution < -0.4 is 4.90 Å². The fourth-order valence-corrected chi connectivity index (χ4v) is 2.02. The Morgan fingerprint density at radius 3 is 1.37 bits per heavy atom. The number of hydrogen-bond acceptors (Lipinski definition) is 1. The minimum absolute atomic E-state index is 1.05. The van der Waals surface area contributed by atoms with Crippen LogP contribution in [0.4, 0.5) is 5.69 Å². The fourth-order valence-electron chi connectivity index (χ4n) is 2.02. The van der Waals surface area contributed by atoms with Gasteiger partial charge in [0, 0.05) is 17.1 Å². The van der Waals surface area contributed by atoms with Crippen molar-refractivity contribution in [3.8, 4) is 0 Å². The molecule has 0 heterocycles. The zero-order chi connectivity index (χ0) is 21.5. The van der Waals surface area contributed by atoms with Gasteiger partial charge in [0.15, 0.2) is 0 Å². The molecule has 0 saturated carbocycles. The molecule has 0 aromatic heterocycles. The summed E-state index contributed by atoms with van der Waals surface area (Å²) in [5, 5.41) is 0. The molecule has 0 aliphatic heterocycles. The van der Waals surface area contributed by atoms with Crippen molar-refractivity contribution in [2.75, 3.05) is 4.90 Å². The number of anilines is 1. The van der Waals surface area contributed by atoms with Crippen molar-refractivity contribution in [3.63, 3.8) is 0 Å². The maximum Gasteiger partial charge on any atom is 0.0461 e. The predicted molar refractivity (Wildman–Crippen MR) is 129 cm³/mol. The summed E-state index contributed by atoms with van der Waals surface area (Å²) in [4.78, 5) is 2.17. The summed E-state index contributed by atoms with van der Waals surface area (Å²) in [6.07, 6.45) is 15.8. The van der Waals surface area contributed by atoms with Gasteiger partial charge in [-0.15, -0.1) is 0 Å². The molecule has 0 fully saturated rings. The molecule has 0 saturated heterocycles. The maximum atomic E-state index is 3.82. The Hall–Kier alpha value is -2.54. The van der Waals surface area contributed by atoms with E-state index in [1.54, 1.807) is 12.2 Å². The standard InChI is InChI=1S/C20H23N.3C2H6/c1-5-12-18(13-6-2)21(19(14-7-3)15-8-4)20-16-10-9-11-17-20;3*1-2/h5-17H,1,3H2,2,4H3;3*1-2H3/b13-6-,15-8-,18-12+,19-14+;;;. The van der Waals surface area contributed by atoms with E-state index in [-0.39, 0.29) is 0 Å². The lowest BCUT2D eigenvalue weighted by Gasteiger charge is -2.27. The summed E-state index contributed by atoms with van der Waals surface area (Å²) in [6, 6.07) is 10.2. The van der Waals surface area contributed by atoms with Gasteiger partial charge < -0.3 is 4.90 Å². The number of para-hydroxylation sites is 1. The van der Waals surface area contributed by atoms with Gasteiger partial charge in [-0.2, -0.15) is 0 Å². The van der Waals surface area contributed by atoms with Crippen LogP contribution in [-0.4, -0.2) is 0 Å². The van der Waals surface area contributed by atoms with E-state index < -0.39 is 0 Å². The smallest absolute Gasteiger partial charge is 0.0461 e. The molecule has 0 aliphatic rings. The summed E-state index contributed by atoms with van der Waals surface area (Å²) < 4.78 is 0. The summed E-state index contributed by atoms with van der Waals surface area (Å²) >= 11 is 0. The first-order chi connectivity index (χ1) is 13.3. The van der Waals surface area contributed by atoms with Gasteiger partial charge in [0.25, 0.3) is 0 Å². The number of rotatable bonds is 7. The molecule has 0 atom stereocenters. The van der Waals surface area contributed by atoms with E-state index in [0.717, 1.165) is 17.1 Å². The van der Waals surface area contributed by atoms with Crippen molar-refractivity contribution in [2.45, 2.75) is 55.4 Å². The van der Waals surface area contributed by atoms with E-state index >= 15 is 0 Å². The topological polar surface area (TPSA) is 3.24 Å². The lowest BCUT2D eigenvalue weighted by molar-refractivity contribution is 1.14. The quantitative estimate of drug-likeness (QED) is 0.435. The molecule has 0 N–H and O–H groups in total. The van der Waals surface area contributed by atoms with Gasteiger partial charge in [0.1, 0.15) is 0 Å². The minimum Gasteiger partial charge on any atom is -0.311 e. The van der Waals surface area contributed by atoms with Gasteiger partial charge >= 0.3 is 0 Å². The van der Waals surface area contributed by atoms with E-state index in [1.165, 1.54) is 0 Å². The highest BCUT2D eigenvalue weighted by Gasteiger charge is 2.12. The van der Waals surface area contributed by atoms with E-state index in [4.69, 9.17) is 0 Å². The van der Waals surface area contributed by atoms with Crippen molar-refractivity contribution in [1.29, 1.82) is 0 Å². The Balaban J connectivity index is -0.000000869. The molecule has 150 valence electrons. The van der Waals surface area contributed by atoms with Crippen LogP contribution in [0.15, 0.2) is 103 Å². The second-order valence-electron chi connectivity index (χ2n) is 4.33. The summed E-state index contributed by atoms with van der Waals surface area (Å²) in [7, 11) is 0. The van der Waals surface area contributed by atoms with Crippen molar-refractivity contribution in [1.82, 2.24) is 0 Å². The largest absolute Gasteiger partial charge is 0.311 e. The third kappa shape index (κ3) is 12.4. The molecule has 1 aromatic rings. The van der Waals surface area contributed by atoms with Gasteiger partial charge in [-0.1, -0.05) is 97.2 Å². The van der Waals surface area contributed by atoms with Gasteiger partial charge in [-0.25, -0.2) is 0 Å². The monoisotopic (exact) mass is 367 g/mol. The minimum atomic E-state index is 1.05. The summed E-state index contributed by atoms with van der Waals surface area (Å²) in [5.74, 6) is 0. The Morgan fingerprint density at radius 1 is 0.704 bits per heavy atom. The first kappa shape index (κ1) is 29.2. The molecule has 1 rings (SSSR count). The Kier molecular flexibility index (Phi) is 25.4. The summed E-state index contributed by atoms with van der Waals surface area (Å²) in [5.41, 5.74) is 3.18. The van der Waals surface area contributed by atoms with Gasteiger partial charge in [-0.05, 0) is 50.3 Å². The molecule has 1 heteroatoms. The van der Waals surface area contributed by atoms with Gasteiger partial charge in [-0.3, -0.25) is 0 Å². The van der Waals surface area contributed by atoms with Crippen LogP contribution in [0.1, 0.15) is 55.4 Å². The molecule has 27 heavy (non-hydrogen) atoms. The second kappa shape index (κ2) is 23.5. The van der Waals surface area contributed by atoms with Crippen LogP contribution in [0, 0.1) is 0 Å². The average molecular weight is 368 g/mol. The van der Waals surface area contributed by atoms with Crippen LogP contribution in [0.2, 0.25) is 0 Å². The van der Waals surface area contributed by atoms with Crippen LogP contribution in [0.3, 0.4) is 0 Å². The molecule has 0 unspecified atom stereocenters. The Labute approximate surface area is 169 Å². The number of benzene rings is 1.